The van der Waals surface area contributed by atoms with Crippen molar-refractivity contribution in [1.82, 2.24) is 9.88 Å². The third kappa shape index (κ3) is 4.41. The number of carbonyl (C=O) groups is 2. The summed E-state index contributed by atoms with van der Waals surface area (Å²) in [7, 11) is -3.10. The van der Waals surface area contributed by atoms with E-state index in [4.69, 9.17) is 4.74 Å². The molecule has 1 aromatic heterocycles. The van der Waals surface area contributed by atoms with Gasteiger partial charge in [-0.05, 0) is 50.6 Å². The molecule has 150 valence electrons. The van der Waals surface area contributed by atoms with E-state index >= 15 is 0 Å². The maximum absolute atomic E-state index is 13.1. The Morgan fingerprint density at radius 2 is 1.93 bits per heavy atom. The summed E-state index contributed by atoms with van der Waals surface area (Å²) in [6, 6.07) is 7.07. The average Bonchev–Trinajstić information content (AvgIpc) is 3.12. The zero-order valence-electron chi connectivity index (χ0n) is 15.6. The summed E-state index contributed by atoms with van der Waals surface area (Å²) in [5.74, 6) is -1.59. The molecular weight excluding hydrogens is 387 g/mol. The fourth-order valence-corrected chi connectivity index (χ4v) is 5.02. The van der Waals surface area contributed by atoms with Crippen molar-refractivity contribution in [2.75, 3.05) is 18.1 Å². The number of sulfone groups is 1. The molecule has 0 aliphatic carbocycles. The molecule has 1 amide bonds. The van der Waals surface area contributed by atoms with Gasteiger partial charge in [-0.15, -0.1) is 0 Å². The molecule has 1 saturated heterocycles. The van der Waals surface area contributed by atoms with Crippen molar-refractivity contribution < 1.29 is 27.1 Å². The number of aryl methyl sites for hydroxylation is 1. The Labute approximate surface area is 162 Å². The maximum atomic E-state index is 13.1. The number of hydrogen-bond donors (Lipinski definition) is 1. The average molecular weight is 408 g/mol. The molecule has 0 unspecified atom stereocenters. The van der Waals surface area contributed by atoms with Crippen molar-refractivity contribution in [2.45, 2.75) is 26.3 Å². The van der Waals surface area contributed by atoms with E-state index in [9.17, 15) is 22.4 Å². The van der Waals surface area contributed by atoms with Crippen molar-refractivity contribution in [1.29, 1.82) is 0 Å². The number of carbonyl (C=O) groups excluding carboxylic acids is 2. The number of benzene rings is 1. The molecule has 1 aliphatic rings. The first-order chi connectivity index (χ1) is 13.2. The number of halogens is 1. The summed E-state index contributed by atoms with van der Waals surface area (Å²) in [4.78, 5) is 24.3. The minimum atomic E-state index is -3.10. The molecule has 0 spiro atoms. The molecule has 9 heteroatoms. The number of esters is 1. The van der Waals surface area contributed by atoms with Gasteiger partial charge >= 0.3 is 5.97 Å². The Balaban J connectivity index is 1.64. The lowest BCUT2D eigenvalue weighted by Gasteiger charge is -2.11. The summed E-state index contributed by atoms with van der Waals surface area (Å²) in [6.07, 6.45) is 0.362. The number of nitrogens with one attached hydrogen (secondary N) is 1. The van der Waals surface area contributed by atoms with Gasteiger partial charge in [-0.3, -0.25) is 4.79 Å². The van der Waals surface area contributed by atoms with Crippen molar-refractivity contribution in [3.8, 4) is 5.69 Å². The van der Waals surface area contributed by atoms with Crippen LogP contribution in [0.1, 0.15) is 28.2 Å². The quantitative estimate of drug-likeness (QED) is 0.760. The number of nitrogens with zero attached hydrogens (tertiary/aromatic N) is 1. The minimum absolute atomic E-state index is 0.0487. The van der Waals surface area contributed by atoms with Gasteiger partial charge in [0.1, 0.15) is 5.82 Å². The molecule has 1 N–H and O–H groups in total. The molecule has 2 heterocycles. The molecule has 1 aliphatic heterocycles. The van der Waals surface area contributed by atoms with Crippen LogP contribution < -0.4 is 5.32 Å². The highest BCUT2D eigenvalue weighted by molar-refractivity contribution is 7.91. The van der Waals surface area contributed by atoms with Gasteiger partial charge in [0.2, 0.25) is 0 Å². The lowest BCUT2D eigenvalue weighted by atomic mass is 10.2. The number of hydrogen-bond acceptors (Lipinski definition) is 5. The third-order valence-corrected chi connectivity index (χ3v) is 6.44. The summed E-state index contributed by atoms with van der Waals surface area (Å²) in [5, 5.41) is 2.57. The van der Waals surface area contributed by atoms with Crippen LogP contribution in [0.5, 0.6) is 0 Å². The highest BCUT2D eigenvalue weighted by atomic mass is 32.2. The highest BCUT2D eigenvalue weighted by Crippen LogP contribution is 2.22. The Morgan fingerprint density at radius 1 is 1.25 bits per heavy atom. The second-order valence-corrected chi connectivity index (χ2v) is 9.07. The predicted molar refractivity (Wildman–Crippen MR) is 101 cm³/mol. The number of aromatic nitrogens is 1. The van der Waals surface area contributed by atoms with Crippen molar-refractivity contribution in [2.24, 2.45) is 0 Å². The van der Waals surface area contributed by atoms with E-state index in [2.05, 4.69) is 5.32 Å². The van der Waals surface area contributed by atoms with Crippen LogP contribution in [0.15, 0.2) is 30.3 Å². The summed E-state index contributed by atoms with van der Waals surface area (Å²) in [6.45, 7) is 3.05. The second-order valence-electron chi connectivity index (χ2n) is 6.84. The minimum Gasteiger partial charge on any atom is -0.452 e. The molecule has 2 aromatic rings. The normalized spacial score (nSPS) is 18.0. The van der Waals surface area contributed by atoms with Gasteiger partial charge in [0.25, 0.3) is 5.91 Å². The smallest absolute Gasteiger partial charge is 0.340 e. The van der Waals surface area contributed by atoms with E-state index in [1.165, 1.54) is 12.1 Å². The molecule has 3 rings (SSSR count). The highest BCUT2D eigenvalue weighted by Gasteiger charge is 2.29. The van der Waals surface area contributed by atoms with Crippen LogP contribution in [0, 0.1) is 19.7 Å². The van der Waals surface area contributed by atoms with E-state index in [-0.39, 0.29) is 17.3 Å². The lowest BCUT2D eigenvalue weighted by molar-refractivity contribution is -0.124. The van der Waals surface area contributed by atoms with Crippen LogP contribution in [0.3, 0.4) is 0 Å². The second kappa shape index (κ2) is 7.75. The van der Waals surface area contributed by atoms with Crippen LogP contribution in [-0.2, 0) is 19.4 Å². The molecule has 0 radical (unpaired) electrons. The zero-order chi connectivity index (χ0) is 20.5. The van der Waals surface area contributed by atoms with E-state index in [1.807, 2.05) is 0 Å². The number of amides is 1. The summed E-state index contributed by atoms with van der Waals surface area (Å²) in [5.41, 5.74) is 2.38. The first-order valence-electron chi connectivity index (χ1n) is 8.78. The standard InChI is InChI=1S/C19H21FN2O5S/c1-12-9-17(13(2)22(12)16-5-3-14(20)4-6-16)19(24)27-10-18(23)21-15-7-8-28(25,26)11-15/h3-6,9,15H,7-8,10-11H2,1-2H3,(H,21,23)/t15-/m1/s1. The summed E-state index contributed by atoms with van der Waals surface area (Å²) >= 11 is 0. The first-order valence-corrected chi connectivity index (χ1v) is 10.6. The lowest BCUT2D eigenvalue weighted by Crippen LogP contribution is -2.38. The predicted octanol–water partition coefficient (Wildman–Crippen LogP) is 1.69. The SMILES string of the molecule is Cc1cc(C(=O)OCC(=O)N[C@@H]2CCS(=O)(=O)C2)c(C)n1-c1ccc(F)cc1. The van der Waals surface area contributed by atoms with Gasteiger partial charge in [-0.25, -0.2) is 17.6 Å². The van der Waals surface area contributed by atoms with E-state index in [0.717, 1.165) is 5.69 Å². The summed E-state index contributed by atoms with van der Waals surface area (Å²) < 4.78 is 42.9. The van der Waals surface area contributed by atoms with Gasteiger partial charge in [0, 0.05) is 23.1 Å². The molecule has 7 nitrogen and oxygen atoms in total. The van der Waals surface area contributed by atoms with E-state index in [0.29, 0.717) is 23.4 Å². The van der Waals surface area contributed by atoms with Crippen molar-refractivity contribution in [3.05, 3.63) is 53.1 Å². The van der Waals surface area contributed by atoms with Crippen molar-refractivity contribution >= 4 is 21.7 Å². The molecule has 0 saturated carbocycles. The van der Waals surface area contributed by atoms with E-state index in [1.54, 1.807) is 36.6 Å². The van der Waals surface area contributed by atoms with Crippen LogP contribution in [0.4, 0.5) is 4.39 Å². The molecular formula is C19H21FN2O5S. The molecule has 28 heavy (non-hydrogen) atoms. The van der Waals surface area contributed by atoms with Gasteiger partial charge in [-0.1, -0.05) is 0 Å². The maximum Gasteiger partial charge on any atom is 0.340 e. The Bertz CT molecular complexity index is 1010. The number of ether oxygens (including phenoxy) is 1. The Kier molecular flexibility index (Phi) is 5.55. The van der Waals surface area contributed by atoms with Gasteiger partial charge in [0.05, 0.1) is 17.1 Å². The van der Waals surface area contributed by atoms with Gasteiger partial charge < -0.3 is 14.6 Å². The fourth-order valence-electron chi connectivity index (χ4n) is 3.34. The fraction of sp³-hybridized carbons (Fsp3) is 0.368. The zero-order valence-corrected chi connectivity index (χ0v) is 16.4. The number of rotatable bonds is 5. The van der Waals surface area contributed by atoms with E-state index < -0.39 is 34.4 Å². The molecule has 1 atom stereocenters. The Morgan fingerprint density at radius 3 is 2.54 bits per heavy atom. The van der Waals surface area contributed by atoms with Crippen LogP contribution in [0.25, 0.3) is 5.69 Å². The monoisotopic (exact) mass is 408 g/mol. The van der Waals surface area contributed by atoms with Gasteiger partial charge in [0.15, 0.2) is 16.4 Å². The molecule has 1 fully saturated rings. The molecule has 1 aromatic carbocycles. The Hall–Kier alpha value is -2.68. The van der Waals surface area contributed by atoms with Crippen LogP contribution in [0.2, 0.25) is 0 Å². The van der Waals surface area contributed by atoms with Crippen LogP contribution in [-0.4, -0.2) is 49.0 Å². The first kappa shape index (κ1) is 20.1. The van der Waals surface area contributed by atoms with Crippen LogP contribution >= 0.6 is 0 Å². The topological polar surface area (TPSA) is 94.5 Å². The van der Waals surface area contributed by atoms with Gasteiger partial charge in [-0.2, -0.15) is 0 Å². The van der Waals surface area contributed by atoms with Crippen molar-refractivity contribution in [3.63, 3.8) is 0 Å². The largest absolute Gasteiger partial charge is 0.452 e. The third-order valence-electron chi connectivity index (χ3n) is 4.67. The molecule has 0 bridgehead atoms.